The smallest absolute Gasteiger partial charge is 0.0705 e. The highest BCUT2D eigenvalue weighted by Crippen LogP contribution is 2.29. The molecule has 0 bridgehead atoms. The first-order valence-electron chi connectivity index (χ1n) is 10.7. The van der Waals surface area contributed by atoms with E-state index in [1.165, 1.54) is 36.0 Å². The van der Waals surface area contributed by atoms with E-state index in [9.17, 15) is 5.11 Å². The van der Waals surface area contributed by atoms with Crippen LogP contribution in [0.5, 0.6) is 0 Å². The molecule has 0 saturated carbocycles. The largest absolute Gasteiger partial charge is 0.396 e. The van der Waals surface area contributed by atoms with Crippen LogP contribution in [0, 0.1) is 18.8 Å². The lowest BCUT2D eigenvalue weighted by molar-refractivity contribution is 0.165. The number of hydrogen-bond acceptors (Lipinski definition) is 5. The molecule has 1 aromatic carbocycles. The van der Waals surface area contributed by atoms with Crippen LogP contribution in [-0.2, 0) is 6.54 Å². The van der Waals surface area contributed by atoms with E-state index in [0.717, 1.165) is 44.8 Å². The lowest BCUT2D eigenvalue weighted by atomic mass is 9.96. The minimum atomic E-state index is 0.297. The third-order valence-corrected chi connectivity index (χ3v) is 6.70. The fourth-order valence-electron chi connectivity index (χ4n) is 4.95. The van der Waals surface area contributed by atoms with Crippen molar-refractivity contribution in [2.75, 3.05) is 59.5 Å². The summed E-state index contributed by atoms with van der Waals surface area (Å²) in [5.74, 6) is 0.941. The summed E-state index contributed by atoms with van der Waals surface area (Å²) in [5.41, 5.74) is 3.80. The molecule has 1 aromatic heterocycles. The van der Waals surface area contributed by atoms with Crippen molar-refractivity contribution in [3.63, 3.8) is 0 Å². The fraction of sp³-hybridized carbons (Fsp3) is 0.609. The zero-order valence-electron chi connectivity index (χ0n) is 17.3. The maximum absolute atomic E-state index is 10.0. The summed E-state index contributed by atoms with van der Waals surface area (Å²) in [4.78, 5) is 12.1. The molecule has 28 heavy (non-hydrogen) atoms. The molecule has 3 heterocycles. The van der Waals surface area contributed by atoms with E-state index in [1.807, 2.05) is 12.3 Å². The van der Waals surface area contributed by atoms with E-state index in [2.05, 4.69) is 51.9 Å². The Morgan fingerprint density at radius 2 is 1.89 bits per heavy atom. The standard InChI is InChI=1S/C23H34N4O/c1-18-6-7-23-21(5-3-8-24-23)22(18)16-27-14-19(20(15-27)17-28)13-26-10-4-9-25(2)11-12-26/h3,5-8,19-20,28H,4,9-17H2,1-2H3/t19-,20-/m1/s1. The second-order valence-electron chi connectivity index (χ2n) is 8.79. The number of aliphatic hydroxyl groups excluding tert-OH is 1. The number of benzene rings is 1. The van der Waals surface area contributed by atoms with Crippen molar-refractivity contribution >= 4 is 10.9 Å². The van der Waals surface area contributed by atoms with Crippen molar-refractivity contribution in [2.45, 2.75) is 19.9 Å². The molecule has 4 rings (SSSR count). The molecule has 5 heteroatoms. The maximum Gasteiger partial charge on any atom is 0.0705 e. The summed E-state index contributed by atoms with van der Waals surface area (Å²) >= 11 is 0. The van der Waals surface area contributed by atoms with Crippen molar-refractivity contribution < 1.29 is 5.11 Å². The molecule has 0 radical (unpaired) electrons. The van der Waals surface area contributed by atoms with Crippen molar-refractivity contribution in [1.82, 2.24) is 19.7 Å². The molecule has 2 saturated heterocycles. The molecule has 2 aliphatic rings. The van der Waals surface area contributed by atoms with Crippen LogP contribution >= 0.6 is 0 Å². The van der Waals surface area contributed by atoms with Gasteiger partial charge in [-0.25, -0.2) is 0 Å². The molecule has 0 amide bonds. The van der Waals surface area contributed by atoms with Gasteiger partial charge in [-0.2, -0.15) is 0 Å². The molecular formula is C23H34N4O. The summed E-state index contributed by atoms with van der Waals surface area (Å²) in [6, 6.07) is 8.53. The van der Waals surface area contributed by atoms with E-state index in [-0.39, 0.29) is 0 Å². The molecule has 2 aliphatic heterocycles. The zero-order valence-corrected chi connectivity index (χ0v) is 17.3. The molecule has 5 nitrogen and oxygen atoms in total. The molecule has 0 aliphatic carbocycles. The van der Waals surface area contributed by atoms with Crippen molar-refractivity contribution in [2.24, 2.45) is 11.8 Å². The lowest BCUT2D eigenvalue weighted by Crippen LogP contribution is -2.36. The second-order valence-corrected chi connectivity index (χ2v) is 8.79. The van der Waals surface area contributed by atoms with E-state index in [4.69, 9.17) is 0 Å². The van der Waals surface area contributed by atoms with Crippen LogP contribution in [0.15, 0.2) is 30.5 Å². The molecule has 2 fully saturated rings. The van der Waals surface area contributed by atoms with Gasteiger partial charge in [-0.3, -0.25) is 9.88 Å². The Hall–Kier alpha value is -1.53. The number of aryl methyl sites for hydroxylation is 1. The quantitative estimate of drug-likeness (QED) is 0.859. The van der Waals surface area contributed by atoms with Crippen LogP contribution in [0.3, 0.4) is 0 Å². The van der Waals surface area contributed by atoms with Crippen LogP contribution in [0.25, 0.3) is 10.9 Å². The number of likely N-dealkylation sites (N-methyl/N-ethyl adjacent to an activating group) is 1. The topological polar surface area (TPSA) is 42.8 Å². The summed E-state index contributed by atoms with van der Waals surface area (Å²) < 4.78 is 0. The van der Waals surface area contributed by atoms with Gasteiger partial charge in [0.2, 0.25) is 0 Å². The monoisotopic (exact) mass is 382 g/mol. The van der Waals surface area contributed by atoms with Gasteiger partial charge in [0.25, 0.3) is 0 Å². The number of aromatic nitrogens is 1. The van der Waals surface area contributed by atoms with Gasteiger partial charge in [-0.15, -0.1) is 0 Å². The van der Waals surface area contributed by atoms with Crippen LogP contribution in [0.2, 0.25) is 0 Å². The summed E-state index contributed by atoms with van der Waals surface area (Å²) in [5, 5.41) is 11.3. The zero-order chi connectivity index (χ0) is 19.5. The van der Waals surface area contributed by atoms with Crippen molar-refractivity contribution in [3.05, 3.63) is 41.6 Å². The predicted octanol–water partition coefficient (Wildman–Crippen LogP) is 2.22. The fourth-order valence-corrected chi connectivity index (χ4v) is 4.95. The van der Waals surface area contributed by atoms with Gasteiger partial charge in [-0.05, 0) is 68.6 Å². The van der Waals surface area contributed by atoms with Gasteiger partial charge >= 0.3 is 0 Å². The molecular weight excluding hydrogens is 348 g/mol. The number of rotatable bonds is 5. The normalized spacial score (nSPS) is 25.4. The van der Waals surface area contributed by atoms with E-state index in [1.54, 1.807) is 0 Å². The number of aliphatic hydroxyl groups is 1. The Labute approximate surface area is 169 Å². The Kier molecular flexibility index (Phi) is 6.26. The van der Waals surface area contributed by atoms with E-state index < -0.39 is 0 Å². The Morgan fingerprint density at radius 1 is 1.04 bits per heavy atom. The molecule has 0 spiro atoms. The summed E-state index contributed by atoms with van der Waals surface area (Å²) in [6.45, 7) is 11.3. The number of nitrogens with zero attached hydrogens (tertiary/aromatic N) is 4. The molecule has 2 atom stereocenters. The van der Waals surface area contributed by atoms with Crippen molar-refractivity contribution in [3.8, 4) is 0 Å². The average Bonchev–Trinajstić information content (AvgIpc) is 2.97. The highest BCUT2D eigenvalue weighted by atomic mass is 16.3. The number of likely N-dealkylation sites (tertiary alicyclic amines) is 1. The minimum absolute atomic E-state index is 0.297. The Balaban J connectivity index is 1.45. The number of hydrogen-bond donors (Lipinski definition) is 1. The summed E-state index contributed by atoms with van der Waals surface area (Å²) in [6.07, 6.45) is 3.12. The molecule has 152 valence electrons. The Morgan fingerprint density at radius 3 is 2.75 bits per heavy atom. The molecule has 0 unspecified atom stereocenters. The predicted molar refractivity (Wildman–Crippen MR) is 114 cm³/mol. The van der Waals surface area contributed by atoms with Gasteiger partial charge in [-0.1, -0.05) is 12.1 Å². The van der Waals surface area contributed by atoms with Crippen LogP contribution in [0.1, 0.15) is 17.5 Å². The minimum Gasteiger partial charge on any atom is -0.396 e. The van der Waals surface area contributed by atoms with E-state index in [0.29, 0.717) is 18.4 Å². The highest BCUT2D eigenvalue weighted by molar-refractivity contribution is 5.83. The van der Waals surface area contributed by atoms with Crippen LogP contribution in [-0.4, -0.2) is 84.3 Å². The summed E-state index contributed by atoms with van der Waals surface area (Å²) in [7, 11) is 2.22. The molecule has 1 N–H and O–H groups in total. The Bertz CT molecular complexity index is 795. The van der Waals surface area contributed by atoms with Gasteiger partial charge in [0.05, 0.1) is 5.52 Å². The second kappa shape index (κ2) is 8.87. The van der Waals surface area contributed by atoms with E-state index >= 15 is 0 Å². The number of fused-ring (bicyclic) bond motifs is 1. The first-order valence-corrected chi connectivity index (χ1v) is 10.7. The third kappa shape index (κ3) is 4.38. The third-order valence-electron chi connectivity index (χ3n) is 6.70. The van der Waals surface area contributed by atoms with Gasteiger partial charge in [0.15, 0.2) is 0 Å². The maximum atomic E-state index is 10.0. The lowest BCUT2D eigenvalue weighted by Gasteiger charge is -2.26. The van der Waals surface area contributed by atoms with Gasteiger partial charge < -0.3 is 14.9 Å². The van der Waals surface area contributed by atoms with Gasteiger partial charge in [0, 0.05) is 57.5 Å². The van der Waals surface area contributed by atoms with Crippen LogP contribution < -0.4 is 0 Å². The van der Waals surface area contributed by atoms with Crippen molar-refractivity contribution in [1.29, 1.82) is 0 Å². The first kappa shape index (κ1) is 19.8. The average molecular weight is 383 g/mol. The number of pyridine rings is 1. The SMILES string of the molecule is Cc1ccc2ncccc2c1CN1C[C@@H](CN2CCCN(C)CC2)[C@@H](CO)C1. The van der Waals surface area contributed by atoms with Gasteiger partial charge in [0.1, 0.15) is 0 Å². The molecule has 2 aromatic rings. The first-order chi connectivity index (χ1) is 13.6. The highest BCUT2D eigenvalue weighted by Gasteiger charge is 2.34. The van der Waals surface area contributed by atoms with Crippen LogP contribution in [0.4, 0.5) is 0 Å².